The lowest BCUT2D eigenvalue weighted by molar-refractivity contribution is 0.0467. The van der Waals surface area contributed by atoms with Crippen molar-refractivity contribution in [2.24, 2.45) is 0 Å². The Bertz CT molecular complexity index is 751. The van der Waals surface area contributed by atoms with Gasteiger partial charge in [0, 0.05) is 4.47 Å². The van der Waals surface area contributed by atoms with Gasteiger partial charge in [0.05, 0.1) is 10.6 Å². The van der Waals surface area contributed by atoms with Crippen LogP contribution in [0.1, 0.15) is 15.9 Å². The fraction of sp³-hybridized carbons (Fsp3) is 0.133. The van der Waals surface area contributed by atoms with Crippen molar-refractivity contribution in [1.82, 2.24) is 0 Å². The Kier molecular flexibility index (Phi) is 4.22. The minimum Gasteiger partial charge on any atom is -0.457 e. The van der Waals surface area contributed by atoms with Gasteiger partial charge in [0.2, 0.25) is 6.79 Å². The summed E-state index contributed by atoms with van der Waals surface area (Å²) in [6.07, 6.45) is 0. The number of esters is 1. The van der Waals surface area contributed by atoms with Crippen LogP contribution in [0, 0.1) is 5.82 Å². The summed E-state index contributed by atoms with van der Waals surface area (Å²) in [5.41, 5.74) is 0.485. The van der Waals surface area contributed by atoms with Crippen LogP contribution in [0.4, 0.5) is 4.39 Å². The average Bonchev–Trinajstić information content (AvgIpc) is 2.96. The Labute approximate surface area is 138 Å². The molecule has 1 aliphatic rings. The fourth-order valence-electron chi connectivity index (χ4n) is 1.98. The van der Waals surface area contributed by atoms with Gasteiger partial charge >= 0.3 is 5.97 Å². The molecule has 22 heavy (non-hydrogen) atoms. The summed E-state index contributed by atoms with van der Waals surface area (Å²) in [4.78, 5) is 11.9. The SMILES string of the molecule is O=C(OCc1cc(Cl)c2c(c1)OCO2)c1cc(Br)ccc1F. The van der Waals surface area contributed by atoms with Gasteiger partial charge in [-0.2, -0.15) is 0 Å². The second-order valence-corrected chi connectivity index (χ2v) is 5.83. The summed E-state index contributed by atoms with van der Waals surface area (Å²) in [6.45, 7) is 0.0443. The third-order valence-corrected chi connectivity index (χ3v) is 3.78. The molecule has 0 aromatic heterocycles. The summed E-state index contributed by atoms with van der Waals surface area (Å²) in [7, 11) is 0. The molecule has 0 bridgehead atoms. The molecule has 0 aliphatic carbocycles. The molecule has 0 fully saturated rings. The van der Waals surface area contributed by atoms with E-state index >= 15 is 0 Å². The van der Waals surface area contributed by atoms with Gasteiger partial charge in [-0.05, 0) is 35.9 Å². The van der Waals surface area contributed by atoms with Gasteiger partial charge in [-0.15, -0.1) is 0 Å². The number of hydrogen-bond acceptors (Lipinski definition) is 4. The molecule has 0 saturated carbocycles. The smallest absolute Gasteiger partial charge is 0.341 e. The van der Waals surface area contributed by atoms with Gasteiger partial charge in [0.25, 0.3) is 0 Å². The van der Waals surface area contributed by atoms with E-state index in [0.29, 0.717) is 26.6 Å². The van der Waals surface area contributed by atoms with Crippen LogP contribution in [0.3, 0.4) is 0 Å². The highest BCUT2D eigenvalue weighted by atomic mass is 79.9. The Morgan fingerprint density at radius 1 is 1.32 bits per heavy atom. The predicted octanol–water partition coefficient (Wildman–Crippen LogP) is 4.33. The van der Waals surface area contributed by atoms with E-state index in [1.165, 1.54) is 18.2 Å². The van der Waals surface area contributed by atoms with Crippen molar-refractivity contribution in [3.8, 4) is 11.5 Å². The van der Waals surface area contributed by atoms with Crippen LogP contribution < -0.4 is 9.47 Å². The number of carbonyl (C=O) groups excluding carboxylic acids is 1. The molecule has 0 unspecified atom stereocenters. The Balaban J connectivity index is 1.74. The van der Waals surface area contributed by atoms with Gasteiger partial charge in [-0.25, -0.2) is 9.18 Å². The van der Waals surface area contributed by atoms with E-state index in [-0.39, 0.29) is 19.0 Å². The molecule has 2 aromatic carbocycles. The zero-order chi connectivity index (χ0) is 15.7. The van der Waals surface area contributed by atoms with Crippen molar-refractivity contribution in [2.45, 2.75) is 6.61 Å². The molecule has 0 atom stereocenters. The van der Waals surface area contributed by atoms with Gasteiger partial charge in [-0.3, -0.25) is 0 Å². The molecule has 0 saturated heterocycles. The van der Waals surface area contributed by atoms with Gasteiger partial charge in [0.15, 0.2) is 11.5 Å². The molecule has 114 valence electrons. The van der Waals surface area contributed by atoms with Crippen LogP contribution in [0.2, 0.25) is 5.02 Å². The molecule has 4 nitrogen and oxygen atoms in total. The van der Waals surface area contributed by atoms with E-state index in [1.807, 2.05) is 0 Å². The largest absolute Gasteiger partial charge is 0.457 e. The zero-order valence-corrected chi connectivity index (χ0v) is 13.4. The summed E-state index contributed by atoms with van der Waals surface area (Å²) in [5, 5.41) is 0.370. The topological polar surface area (TPSA) is 44.8 Å². The summed E-state index contributed by atoms with van der Waals surface area (Å²) < 4.78 is 29.7. The monoisotopic (exact) mass is 386 g/mol. The van der Waals surface area contributed by atoms with Crippen molar-refractivity contribution in [2.75, 3.05) is 6.79 Å². The number of hydrogen-bond donors (Lipinski definition) is 0. The minimum atomic E-state index is -0.757. The summed E-state index contributed by atoms with van der Waals surface area (Å²) in [6, 6.07) is 7.34. The quantitative estimate of drug-likeness (QED) is 0.736. The molecule has 7 heteroatoms. The second kappa shape index (κ2) is 6.14. The first-order valence-electron chi connectivity index (χ1n) is 6.25. The molecule has 0 spiro atoms. The maximum atomic E-state index is 13.6. The molecular formula is C15H9BrClFO4. The van der Waals surface area contributed by atoms with Crippen molar-refractivity contribution in [1.29, 1.82) is 0 Å². The molecule has 0 N–H and O–H groups in total. The van der Waals surface area contributed by atoms with E-state index in [2.05, 4.69) is 15.9 Å². The number of ether oxygens (including phenoxy) is 3. The molecule has 0 amide bonds. The van der Waals surface area contributed by atoms with Crippen molar-refractivity contribution >= 4 is 33.5 Å². The lowest BCUT2D eigenvalue weighted by Gasteiger charge is -2.08. The minimum absolute atomic E-state index is 0.0544. The number of halogens is 3. The molecule has 0 radical (unpaired) electrons. The van der Waals surface area contributed by atoms with E-state index < -0.39 is 11.8 Å². The maximum Gasteiger partial charge on any atom is 0.341 e. The molecule has 1 aliphatic heterocycles. The van der Waals surface area contributed by atoms with Crippen LogP contribution in [0.25, 0.3) is 0 Å². The lowest BCUT2D eigenvalue weighted by atomic mass is 10.2. The fourth-order valence-corrected chi connectivity index (χ4v) is 2.63. The van der Waals surface area contributed by atoms with Crippen LogP contribution in [0.15, 0.2) is 34.8 Å². The summed E-state index contributed by atoms with van der Waals surface area (Å²) in [5.74, 6) is -0.438. The number of carbonyl (C=O) groups is 1. The van der Waals surface area contributed by atoms with Crippen LogP contribution in [0.5, 0.6) is 11.5 Å². The van der Waals surface area contributed by atoms with Crippen LogP contribution >= 0.6 is 27.5 Å². The predicted molar refractivity (Wildman–Crippen MR) is 80.8 cm³/mol. The van der Waals surface area contributed by atoms with Gasteiger partial charge in [-0.1, -0.05) is 27.5 Å². The number of fused-ring (bicyclic) bond motifs is 1. The second-order valence-electron chi connectivity index (χ2n) is 4.51. The van der Waals surface area contributed by atoms with Crippen LogP contribution in [-0.2, 0) is 11.3 Å². The Morgan fingerprint density at radius 3 is 2.95 bits per heavy atom. The zero-order valence-electron chi connectivity index (χ0n) is 11.1. The first kappa shape index (κ1) is 15.1. The van der Waals surface area contributed by atoms with Crippen LogP contribution in [-0.4, -0.2) is 12.8 Å². The molecule has 1 heterocycles. The average molecular weight is 388 g/mol. The normalized spacial score (nSPS) is 12.3. The number of rotatable bonds is 3. The highest BCUT2D eigenvalue weighted by Gasteiger charge is 2.19. The first-order valence-corrected chi connectivity index (χ1v) is 7.42. The highest BCUT2D eigenvalue weighted by Crippen LogP contribution is 2.39. The Hall–Kier alpha value is -1.79. The van der Waals surface area contributed by atoms with Gasteiger partial charge in [0.1, 0.15) is 12.4 Å². The summed E-state index contributed by atoms with van der Waals surface area (Å²) >= 11 is 9.22. The highest BCUT2D eigenvalue weighted by molar-refractivity contribution is 9.10. The van der Waals surface area contributed by atoms with E-state index in [4.69, 9.17) is 25.8 Å². The standard InChI is InChI=1S/C15H9BrClFO4/c16-9-1-2-12(18)10(5-9)15(19)20-6-8-3-11(17)14-13(4-8)21-7-22-14/h1-5H,6-7H2. The van der Waals surface area contributed by atoms with Crippen molar-refractivity contribution in [3.63, 3.8) is 0 Å². The first-order chi connectivity index (χ1) is 10.5. The molecular weight excluding hydrogens is 379 g/mol. The van der Waals surface area contributed by atoms with Crippen molar-refractivity contribution < 1.29 is 23.4 Å². The Morgan fingerprint density at radius 2 is 2.14 bits per heavy atom. The maximum absolute atomic E-state index is 13.6. The molecule has 3 rings (SSSR count). The third-order valence-electron chi connectivity index (χ3n) is 3.01. The van der Waals surface area contributed by atoms with E-state index in [0.717, 1.165) is 0 Å². The van der Waals surface area contributed by atoms with Gasteiger partial charge < -0.3 is 14.2 Å². The van der Waals surface area contributed by atoms with Crippen molar-refractivity contribution in [3.05, 3.63) is 56.8 Å². The number of benzene rings is 2. The molecule has 2 aromatic rings. The van der Waals surface area contributed by atoms with E-state index in [1.54, 1.807) is 12.1 Å². The third kappa shape index (κ3) is 3.03. The lowest BCUT2D eigenvalue weighted by Crippen LogP contribution is -2.07. The van der Waals surface area contributed by atoms with E-state index in [9.17, 15) is 9.18 Å².